The molecule has 8 heteroatoms. The molecule has 126 valence electrons. The number of hydrogen-bond donors (Lipinski definition) is 2. The van der Waals surface area contributed by atoms with Gasteiger partial charge in [0, 0.05) is 25.2 Å². The molecule has 0 spiro atoms. The summed E-state index contributed by atoms with van der Waals surface area (Å²) in [6.07, 6.45) is 3.53. The van der Waals surface area contributed by atoms with E-state index in [-0.39, 0.29) is 22.9 Å². The molecule has 0 saturated carbocycles. The SMILES string of the molecule is O=C(NCCCCNC(=O)c1ccc(=O)oc1)c1ccc(=O)oc1. The van der Waals surface area contributed by atoms with E-state index in [1.165, 1.54) is 24.3 Å². The molecule has 0 aromatic carbocycles. The van der Waals surface area contributed by atoms with E-state index in [1.54, 1.807) is 0 Å². The van der Waals surface area contributed by atoms with Gasteiger partial charge in [0.1, 0.15) is 12.5 Å². The summed E-state index contributed by atoms with van der Waals surface area (Å²) in [6, 6.07) is 5.13. The minimum atomic E-state index is -0.514. The lowest BCUT2D eigenvalue weighted by atomic mass is 10.2. The molecule has 0 saturated heterocycles. The number of amides is 2. The van der Waals surface area contributed by atoms with Crippen molar-refractivity contribution in [3.63, 3.8) is 0 Å². The van der Waals surface area contributed by atoms with Gasteiger partial charge in [0.05, 0.1) is 11.1 Å². The lowest BCUT2D eigenvalue weighted by molar-refractivity contribution is 0.0937. The van der Waals surface area contributed by atoms with Crippen molar-refractivity contribution in [2.45, 2.75) is 12.8 Å². The molecule has 0 unspecified atom stereocenters. The number of nitrogens with one attached hydrogen (secondary N) is 2. The largest absolute Gasteiger partial charge is 0.430 e. The molecule has 0 radical (unpaired) electrons. The van der Waals surface area contributed by atoms with Crippen LogP contribution >= 0.6 is 0 Å². The molecule has 2 rings (SSSR count). The van der Waals surface area contributed by atoms with Crippen molar-refractivity contribution in [3.05, 3.63) is 68.8 Å². The van der Waals surface area contributed by atoms with Crippen LogP contribution in [0.3, 0.4) is 0 Å². The van der Waals surface area contributed by atoms with Crippen LogP contribution in [0.4, 0.5) is 0 Å². The fourth-order valence-electron chi connectivity index (χ4n) is 1.83. The number of hydrogen-bond acceptors (Lipinski definition) is 6. The Balaban J connectivity index is 1.63. The van der Waals surface area contributed by atoms with Gasteiger partial charge in [-0.2, -0.15) is 0 Å². The van der Waals surface area contributed by atoms with Crippen LogP contribution in [0.2, 0.25) is 0 Å². The van der Waals surface area contributed by atoms with E-state index in [9.17, 15) is 19.2 Å². The molecular formula is C16H16N2O6. The summed E-state index contributed by atoms with van der Waals surface area (Å²) in [6.45, 7) is 0.849. The molecule has 2 aromatic heterocycles. The average molecular weight is 332 g/mol. The number of unbranched alkanes of at least 4 members (excludes halogenated alkanes) is 1. The third-order valence-corrected chi connectivity index (χ3v) is 3.10. The summed E-state index contributed by atoms with van der Waals surface area (Å²) >= 11 is 0. The van der Waals surface area contributed by atoms with Crippen LogP contribution in [0.1, 0.15) is 33.6 Å². The highest BCUT2D eigenvalue weighted by Gasteiger charge is 2.07. The number of carbonyl (C=O) groups excluding carboxylic acids is 2. The molecule has 0 atom stereocenters. The van der Waals surface area contributed by atoms with Crippen LogP contribution in [0.25, 0.3) is 0 Å². The summed E-state index contributed by atoms with van der Waals surface area (Å²) < 4.78 is 9.22. The quantitative estimate of drug-likeness (QED) is 0.714. The maximum atomic E-state index is 11.7. The molecule has 0 fully saturated rings. The first-order chi connectivity index (χ1) is 11.6. The van der Waals surface area contributed by atoms with Gasteiger partial charge < -0.3 is 19.5 Å². The molecule has 0 aliphatic carbocycles. The summed E-state index contributed by atoms with van der Waals surface area (Å²) in [4.78, 5) is 45.1. The second-order valence-electron chi connectivity index (χ2n) is 4.91. The van der Waals surface area contributed by atoms with Gasteiger partial charge in [0.25, 0.3) is 11.8 Å². The third-order valence-electron chi connectivity index (χ3n) is 3.10. The van der Waals surface area contributed by atoms with E-state index in [0.29, 0.717) is 25.9 Å². The van der Waals surface area contributed by atoms with Crippen molar-refractivity contribution in [3.8, 4) is 0 Å². The fourth-order valence-corrected chi connectivity index (χ4v) is 1.83. The van der Waals surface area contributed by atoms with Gasteiger partial charge in [-0.05, 0) is 25.0 Å². The Hall–Kier alpha value is -3.16. The fraction of sp³-hybridized carbons (Fsp3) is 0.250. The summed E-state index contributed by atoms with van der Waals surface area (Å²) in [7, 11) is 0. The Labute approximate surface area is 136 Å². The Bertz CT molecular complexity index is 713. The van der Waals surface area contributed by atoms with Gasteiger partial charge in [0.2, 0.25) is 0 Å². The van der Waals surface area contributed by atoms with Gasteiger partial charge in [-0.15, -0.1) is 0 Å². The maximum Gasteiger partial charge on any atom is 0.335 e. The van der Waals surface area contributed by atoms with Gasteiger partial charge in [-0.3, -0.25) is 9.59 Å². The first-order valence-electron chi connectivity index (χ1n) is 7.30. The van der Waals surface area contributed by atoms with Crippen molar-refractivity contribution < 1.29 is 18.4 Å². The molecule has 2 N–H and O–H groups in total. The molecule has 2 amide bonds. The Morgan fingerprint density at radius 3 is 1.50 bits per heavy atom. The van der Waals surface area contributed by atoms with Crippen LogP contribution in [0.15, 0.2) is 55.2 Å². The zero-order chi connectivity index (χ0) is 17.4. The minimum Gasteiger partial charge on any atom is -0.430 e. The summed E-state index contributed by atoms with van der Waals surface area (Å²) in [5.41, 5.74) is -0.484. The van der Waals surface area contributed by atoms with E-state index < -0.39 is 11.3 Å². The van der Waals surface area contributed by atoms with E-state index in [4.69, 9.17) is 0 Å². The van der Waals surface area contributed by atoms with E-state index in [1.807, 2.05) is 0 Å². The van der Waals surface area contributed by atoms with Gasteiger partial charge in [-0.1, -0.05) is 0 Å². The third kappa shape index (κ3) is 5.24. The van der Waals surface area contributed by atoms with Crippen LogP contribution in [0, 0.1) is 0 Å². The Morgan fingerprint density at radius 1 is 0.750 bits per heavy atom. The van der Waals surface area contributed by atoms with Crippen LogP contribution in [-0.2, 0) is 0 Å². The zero-order valence-electron chi connectivity index (χ0n) is 12.7. The normalized spacial score (nSPS) is 10.2. The first kappa shape index (κ1) is 17.2. The maximum absolute atomic E-state index is 11.7. The minimum absolute atomic E-state index is 0.272. The molecule has 2 aromatic rings. The van der Waals surface area contributed by atoms with Crippen LogP contribution in [-0.4, -0.2) is 24.9 Å². The Morgan fingerprint density at radius 2 is 1.17 bits per heavy atom. The molecular weight excluding hydrogens is 316 g/mol. The lowest BCUT2D eigenvalue weighted by Gasteiger charge is -2.06. The molecule has 0 aliphatic heterocycles. The Kier molecular flexibility index (Phi) is 6.07. The number of carbonyl (C=O) groups is 2. The van der Waals surface area contributed by atoms with Crippen molar-refractivity contribution in [2.75, 3.05) is 13.1 Å². The van der Waals surface area contributed by atoms with Crippen LogP contribution < -0.4 is 21.9 Å². The lowest BCUT2D eigenvalue weighted by Crippen LogP contribution is -2.27. The summed E-state index contributed by atoms with van der Waals surface area (Å²) in [5.74, 6) is -0.663. The molecule has 24 heavy (non-hydrogen) atoms. The van der Waals surface area contributed by atoms with Crippen molar-refractivity contribution in [2.24, 2.45) is 0 Å². The molecule has 0 aliphatic rings. The summed E-state index contributed by atoms with van der Waals surface area (Å²) in [5, 5.41) is 5.36. The van der Waals surface area contributed by atoms with E-state index in [0.717, 1.165) is 12.5 Å². The second kappa shape index (κ2) is 8.47. The zero-order valence-corrected chi connectivity index (χ0v) is 12.7. The monoisotopic (exact) mass is 332 g/mol. The topological polar surface area (TPSA) is 119 Å². The highest BCUT2D eigenvalue weighted by molar-refractivity contribution is 5.94. The predicted octanol–water partition coefficient (Wildman–Crippen LogP) is 0.533. The van der Waals surface area contributed by atoms with Crippen molar-refractivity contribution >= 4 is 11.8 Å². The van der Waals surface area contributed by atoms with E-state index >= 15 is 0 Å². The smallest absolute Gasteiger partial charge is 0.335 e. The number of rotatable bonds is 7. The molecule has 2 heterocycles. The highest BCUT2D eigenvalue weighted by Crippen LogP contribution is 1.97. The van der Waals surface area contributed by atoms with Crippen molar-refractivity contribution in [1.29, 1.82) is 0 Å². The molecule has 8 nitrogen and oxygen atoms in total. The van der Waals surface area contributed by atoms with Gasteiger partial charge in [-0.25, -0.2) is 9.59 Å². The molecule has 0 bridgehead atoms. The van der Waals surface area contributed by atoms with E-state index in [2.05, 4.69) is 19.5 Å². The predicted molar refractivity (Wildman–Crippen MR) is 83.9 cm³/mol. The van der Waals surface area contributed by atoms with Crippen LogP contribution in [0.5, 0.6) is 0 Å². The highest BCUT2D eigenvalue weighted by atomic mass is 16.4. The van der Waals surface area contributed by atoms with Gasteiger partial charge in [0.15, 0.2) is 0 Å². The average Bonchev–Trinajstić information content (AvgIpc) is 2.58. The first-order valence-corrected chi connectivity index (χ1v) is 7.30. The standard InChI is InChI=1S/C16H16N2O6/c19-13-5-3-11(9-23-13)15(21)17-7-1-2-8-18-16(22)12-4-6-14(20)24-10-12/h3-6,9-10H,1-2,7-8H2,(H,17,21)(H,18,22). The van der Waals surface area contributed by atoms with Gasteiger partial charge >= 0.3 is 11.3 Å². The second-order valence-corrected chi connectivity index (χ2v) is 4.91. The van der Waals surface area contributed by atoms with Crippen molar-refractivity contribution in [1.82, 2.24) is 10.6 Å².